The molecule has 13 heavy (non-hydrogen) atoms. The summed E-state index contributed by atoms with van der Waals surface area (Å²) in [5, 5.41) is 10.5. The van der Waals surface area contributed by atoms with E-state index in [2.05, 4.69) is 0 Å². The molecule has 0 heterocycles. The Hall–Kier alpha value is -0.470. The number of halogens is 1. The van der Waals surface area contributed by atoms with Gasteiger partial charge in [0.05, 0.1) is 4.92 Å². The third kappa shape index (κ3) is 1.89. The maximum absolute atomic E-state index is 10.5. The van der Waals surface area contributed by atoms with Gasteiger partial charge in [-0.25, -0.2) is 0 Å². The molecule has 2 unspecified atom stereocenters. The van der Waals surface area contributed by atoms with Gasteiger partial charge in [-0.2, -0.15) is 0 Å². The molecule has 6 heteroatoms. The summed E-state index contributed by atoms with van der Waals surface area (Å²) >= 11 is 1.95. The number of nitrogens with zero attached hydrogens (tertiary/aromatic N) is 1. The fourth-order valence-corrected chi connectivity index (χ4v) is 1.58. The fraction of sp³-hybridized carbons (Fsp3) is 0.429. The van der Waals surface area contributed by atoms with E-state index in [1.807, 2.05) is 22.6 Å². The van der Waals surface area contributed by atoms with Crippen molar-refractivity contribution in [3.8, 4) is 0 Å². The van der Waals surface area contributed by atoms with Gasteiger partial charge in [0.1, 0.15) is 6.04 Å². The van der Waals surface area contributed by atoms with E-state index in [4.69, 9.17) is 10.5 Å². The highest BCUT2D eigenvalue weighted by Crippen LogP contribution is 2.31. The Kier molecular flexibility index (Phi) is 3.04. The third-order valence-corrected chi connectivity index (χ3v) is 3.33. The van der Waals surface area contributed by atoms with E-state index in [-0.39, 0.29) is 5.70 Å². The molecule has 0 aromatic heterocycles. The maximum Gasteiger partial charge on any atom is 0.266 e. The third-order valence-electron chi connectivity index (χ3n) is 1.86. The van der Waals surface area contributed by atoms with Crippen LogP contribution < -0.4 is 5.73 Å². The molecule has 0 fully saturated rings. The zero-order valence-electron chi connectivity index (χ0n) is 6.94. The van der Waals surface area contributed by atoms with E-state index in [1.165, 1.54) is 13.2 Å². The first-order valence-corrected chi connectivity index (χ1v) is 4.62. The van der Waals surface area contributed by atoms with Crippen molar-refractivity contribution in [2.45, 2.75) is 9.65 Å². The Morgan fingerprint density at radius 1 is 1.85 bits per heavy atom. The zero-order valence-corrected chi connectivity index (χ0v) is 9.09. The number of alkyl halides is 1. The highest BCUT2D eigenvalue weighted by Gasteiger charge is 2.41. The molecule has 0 aromatic rings. The molecular formula is C7H9IN2O3. The van der Waals surface area contributed by atoms with Crippen LogP contribution in [0.25, 0.3) is 0 Å². The zero-order chi connectivity index (χ0) is 10.1. The standard InChI is InChI=1S/C7H9IN2O3/c1-13-7(8)4-2-3-5(6(7)9)10(11)12/h2-4,6H,9H2,1H3. The highest BCUT2D eigenvalue weighted by molar-refractivity contribution is 14.1. The van der Waals surface area contributed by atoms with Crippen LogP contribution in [-0.2, 0) is 4.74 Å². The number of rotatable bonds is 2. The number of allylic oxidation sites excluding steroid dienone is 2. The van der Waals surface area contributed by atoms with Crippen molar-refractivity contribution in [3.63, 3.8) is 0 Å². The molecular weight excluding hydrogens is 287 g/mol. The molecule has 2 atom stereocenters. The smallest absolute Gasteiger partial charge is 0.266 e. The van der Waals surface area contributed by atoms with Gasteiger partial charge in [-0.15, -0.1) is 0 Å². The quantitative estimate of drug-likeness (QED) is 0.354. The molecule has 0 radical (unpaired) electrons. The first-order chi connectivity index (χ1) is 6.01. The lowest BCUT2D eigenvalue weighted by molar-refractivity contribution is -0.431. The van der Waals surface area contributed by atoms with E-state index >= 15 is 0 Å². The number of nitro groups is 1. The summed E-state index contributed by atoms with van der Waals surface area (Å²) in [6, 6.07) is -0.738. The molecule has 2 N–H and O–H groups in total. The van der Waals surface area contributed by atoms with Gasteiger partial charge in [0, 0.05) is 13.2 Å². The van der Waals surface area contributed by atoms with E-state index in [0.717, 1.165) is 0 Å². The Labute approximate surface area is 88.9 Å². The lowest BCUT2D eigenvalue weighted by Gasteiger charge is -2.28. The van der Waals surface area contributed by atoms with Gasteiger partial charge in [-0.1, -0.05) is 6.08 Å². The average Bonchev–Trinajstić information content (AvgIpc) is 2.09. The Bertz CT molecular complexity index is 289. The second-order valence-corrected chi connectivity index (χ2v) is 4.27. The first kappa shape index (κ1) is 10.6. The number of ether oxygens (including phenoxy) is 1. The van der Waals surface area contributed by atoms with Gasteiger partial charge < -0.3 is 10.5 Å². The van der Waals surface area contributed by atoms with E-state index in [9.17, 15) is 10.1 Å². The molecule has 0 aromatic carbocycles. The van der Waals surface area contributed by atoms with Crippen LogP contribution >= 0.6 is 22.6 Å². The van der Waals surface area contributed by atoms with Crippen molar-refractivity contribution >= 4 is 22.6 Å². The van der Waals surface area contributed by atoms with E-state index in [0.29, 0.717) is 0 Å². The largest absolute Gasteiger partial charge is 0.362 e. The predicted molar refractivity (Wildman–Crippen MR) is 56.0 cm³/mol. The molecule has 0 bridgehead atoms. The minimum atomic E-state index is -0.811. The fourth-order valence-electron chi connectivity index (χ4n) is 1.06. The van der Waals surface area contributed by atoms with Crippen molar-refractivity contribution in [2.24, 2.45) is 5.73 Å². The highest BCUT2D eigenvalue weighted by atomic mass is 127. The van der Waals surface area contributed by atoms with Crippen molar-refractivity contribution in [1.29, 1.82) is 0 Å². The van der Waals surface area contributed by atoms with Gasteiger partial charge in [-0.05, 0) is 28.7 Å². The molecule has 1 aliphatic rings. The van der Waals surface area contributed by atoms with Crippen LogP contribution in [0.1, 0.15) is 0 Å². The molecule has 0 amide bonds. The number of methoxy groups -OCH3 is 1. The summed E-state index contributed by atoms with van der Waals surface area (Å²) < 4.78 is 4.29. The SMILES string of the molecule is COC1(I)C=CC=C([N+](=O)[O-])C1N. The monoisotopic (exact) mass is 296 g/mol. The number of nitrogens with two attached hydrogens (primary N) is 1. The van der Waals surface area contributed by atoms with Crippen LogP contribution in [0.4, 0.5) is 0 Å². The summed E-state index contributed by atoms with van der Waals surface area (Å²) in [5.41, 5.74) is 5.65. The van der Waals surface area contributed by atoms with Gasteiger partial charge in [0.2, 0.25) is 0 Å². The summed E-state index contributed by atoms with van der Waals surface area (Å²) in [5.74, 6) is 0. The summed E-state index contributed by atoms with van der Waals surface area (Å²) in [4.78, 5) is 10.0. The van der Waals surface area contributed by atoms with Crippen LogP contribution in [0.3, 0.4) is 0 Å². The topological polar surface area (TPSA) is 78.4 Å². The molecule has 0 saturated heterocycles. The lowest BCUT2D eigenvalue weighted by Crippen LogP contribution is -2.47. The van der Waals surface area contributed by atoms with Crippen LogP contribution in [0.5, 0.6) is 0 Å². The minimum absolute atomic E-state index is 0.0289. The Morgan fingerprint density at radius 2 is 2.46 bits per heavy atom. The summed E-state index contributed by atoms with van der Waals surface area (Å²) in [7, 11) is 1.47. The van der Waals surface area contributed by atoms with Crippen molar-refractivity contribution in [1.82, 2.24) is 0 Å². The van der Waals surface area contributed by atoms with E-state index < -0.39 is 14.6 Å². The molecule has 0 spiro atoms. The molecule has 0 aliphatic heterocycles. The Morgan fingerprint density at radius 3 is 2.92 bits per heavy atom. The van der Waals surface area contributed by atoms with Gasteiger partial charge >= 0.3 is 0 Å². The average molecular weight is 296 g/mol. The normalized spacial score (nSPS) is 32.8. The molecule has 1 aliphatic carbocycles. The first-order valence-electron chi connectivity index (χ1n) is 3.54. The van der Waals surface area contributed by atoms with Gasteiger partial charge in [0.15, 0.2) is 3.61 Å². The lowest BCUT2D eigenvalue weighted by atomic mass is 10.0. The van der Waals surface area contributed by atoms with Crippen LogP contribution in [0.2, 0.25) is 0 Å². The second kappa shape index (κ2) is 3.72. The van der Waals surface area contributed by atoms with Crippen molar-refractivity contribution in [2.75, 3.05) is 7.11 Å². The molecule has 72 valence electrons. The van der Waals surface area contributed by atoms with Crippen molar-refractivity contribution in [3.05, 3.63) is 34.0 Å². The van der Waals surface area contributed by atoms with Crippen LogP contribution in [-0.4, -0.2) is 21.7 Å². The maximum atomic E-state index is 10.5. The predicted octanol–water partition coefficient (Wildman–Crippen LogP) is 0.822. The molecule has 0 saturated carbocycles. The van der Waals surface area contributed by atoms with Crippen molar-refractivity contribution < 1.29 is 9.66 Å². The Balaban J connectivity index is 2.99. The minimum Gasteiger partial charge on any atom is -0.362 e. The van der Waals surface area contributed by atoms with Gasteiger partial charge in [0.25, 0.3) is 5.70 Å². The van der Waals surface area contributed by atoms with Gasteiger partial charge in [-0.3, -0.25) is 10.1 Å². The van der Waals surface area contributed by atoms with E-state index in [1.54, 1.807) is 12.2 Å². The van der Waals surface area contributed by atoms with Crippen LogP contribution in [0.15, 0.2) is 23.9 Å². The van der Waals surface area contributed by atoms with Crippen LogP contribution in [0, 0.1) is 10.1 Å². The number of hydrogen-bond donors (Lipinski definition) is 1. The summed E-state index contributed by atoms with van der Waals surface area (Å²) in [6.07, 6.45) is 4.67. The molecule has 1 rings (SSSR count). The summed E-state index contributed by atoms with van der Waals surface area (Å²) in [6.45, 7) is 0. The second-order valence-electron chi connectivity index (χ2n) is 2.59. The number of hydrogen-bond acceptors (Lipinski definition) is 4. The molecule has 5 nitrogen and oxygen atoms in total.